The zero-order chi connectivity index (χ0) is 16.0. The van der Waals surface area contributed by atoms with Crippen LogP contribution >= 0.6 is 0 Å². The topological polar surface area (TPSA) is 75.1 Å². The van der Waals surface area contributed by atoms with Crippen LogP contribution in [0.5, 0.6) is 0 Å². The third kappa shape index (κ3) is 6.56. The summed E-state index contributed by atoms with van der Waals surface area (Å²) in [6.07, 6.45) is 1.81. The Kier molecular flexibility index (Phi) is 6.12. The highest BCUT2D eigenvalue weighted by Crippen LogP contribution is 2.26. The van der Waals surface area contributed by atoms with Gasteiger partial charge >= 0.3 is 5.97 Å². The molecule has 0 unspecified atom stereocenters. The Labute approximate surface area is 127 Å². The first kappa shape index (κ1) is 17.4. The molecule has 1 rings (SSSR count). The fourth-order valence-corrected chi connectivity index (χ4v) is 2.04. The summed E-state index contributed by atoms with van der Waals surface area (Å²) in [4.78, 5) is 19.6. The molecule has 0 aromatic carbocycles. The van der Waals surface area contributed by atoms with E-state index in [9.17, 15) is 4.79 Å². The molecule has 0 aliphatic carbocycles. The highest BCUT2D eigenvalue weighted by molar-refractivity contribution is 5.66. The van der Waals surface area contributed by atoms with Gasteiger partial charge < -0.3 is 10.4 Å². The molecule has 5 nitrogen and oxygen atoms in total. The fraction of sp³-hybridized carbons (Fsp3) is 0.688. The van der Waals surface area contributed by atoms with Gasteiger partial charge in [-0.3, -0.25) is 4.79 Å². The van der Waals surface area contributed by atoms with Gasteiger partial charge in [0.2, 0.25) is 0 Å². The Bertz CT molecular complexity index is 484. The first-order valence-corrected chi connectivity index (χ1v) is 7.51. The van der Waals surface area contributed by atoms with Crippen molar-refractivity contribution < 1.29 is 9.90 Å². The highest BCUT2D eigenvalue weighted by Gasteiger charge is 2.18. The first-order valence-electron chi connectivity index (χ1n) is 7.51. The molecule has 0 radical (unpaired) electrons. The summed E-state index contributed by atoms with van der Waals surface area (Å²) in [6.45, 7) is 11.1. The molecule has 1 heterocycles. The second kappa shape index (κ2) is 7.38. The van der Waals surface area contributed by atoms with Crippen LogP contribution in [0.3, 0.4) is 0 Å². The number of aromatic nitrogens is 2. The molecule has 21 heavy (non-hydrogen) atoms. The summed E-state index contributed by atoms with van der Waals surface area (Å²) in [5.41, 5.74) is 0.968. The lowest BCUT2D eigenvalue weighted by molar-refractivity contribution is -0.137. The average molecular weight is 293 g/mol. The lowest BCUT2D eigenvalue weighted by atomic mass is 9.84. The molecular formula is C16H27N3O2. The van der Waals surface area contributed by atoms with Crippen molar-refractivity contribution in [3.05, 3.63) is 17.6 Å². The van der Waals surface area contributed by atoms with Gasteiger partial charge in [0.15, 0.2) is 0 Å². The Balaban J connectivity index is 2.53. The van der Waals surface area contributed by atoms with Gasteiger partial charge in [-0.1, -0.05) is 27.7 Å². The van der Waals surface area contributed by atoms with Crippen LogP contribution in [0.4, 0.5) is 5.82 Å². The van der Waals surface area contributed by atoms with E-state index >= 15 is 0 Å². The number of carboxylic acids is 1. The predicted octanol–water partition coefficient (Wildman–Crippen LogP) is 3.60. The molecule has 2 N–H and O–H groups in total. The van der Waals surface area contributed by atoms with Crippen molar-refractivity contribution in [1.82, 2.24) is 9.97 Å². The van der Waals surface area contributed by atoms with Gasteiger partial charge in [0.1, 0.15) is 11.6 Å². The standard InChI is InChI=1S/C16H27N3O2/c1-11(2)15-18-12(3)10-13(19-15)17-9-8-16(4,5)7-6-14(20)21/h10-11H,6-9H2,1-5H3,(H,20,21)(H,17,18,19). The van der Waals surface area contributed by atoms with Crippen molar-refractivity contribution in [3.63, 3.8) is 0 Å². The number of rotatable bonds is 8. The predicted molar refractivity (Wildman–Crippen MR) is 84.6 cm³/mol. The van der Waals surface area contributed by atoms with Crippen molar-refractivity contribution in [3.8, 4) is 0 Å². The van der Waals surface area contributed by atoms with Crippen molar-refractivity contribution in [2.24, 2.45) is 5.41 Å². The molecule has 0 saturated heterocycles. The van der Waals surface area contributed by atoms with E-state index in [-0.39, 0.29) is 11.8 Å². The van der Waals surface area contributed by atoms with Crippen molar-refractivity contribution >= 4 is 11.8 Å². The molecule has 0 fully saturated rings. The number of nitrogens with one attached hydrogen (secondary N) is 1. The summed E-state index contributed by atoms with van der Waals surface area (Å²) >= 11 is 0. The van der Waals surface area contributed by atoms with Crippen molar-refractivity contribution in [1.29, 1.82) is 0 Å². The van der Waals surface area contributed by atoms with E-state index in [4.69, 9.17) is 5.11 Å². The molecule has 1 aromatic heterocycles. The monoisotopic (exact) mass is 293 g/mol. The summed E-state index contributed by atoms with van der Waals surface area (Å²) < 4.78 is 0. The number of aliphatic carboxylic acids is 1. The number of aryl methyl sites for hydroxylation is 1. The molecule has 0 bridgehead atoms. The Morgan fingerprint density at radius 3 is 2.57 bits per heavy atom. The van der Waals surface area contributed by atoms with E-state index < -0.39 is 5.97 Å². The minimum absolute atomic E-state index is 0.00828. The summed E-state index contributed by atoms with van der Waals surface area (Å²) in [6, 6.07) is 1.94. The van der Waals surface area contributed by atoms with Gasteiger partial charge in [-0.15, -0.1) is 0 Å². The normalized spacial score (nSPS) is 11.7. The number of hydrogen-bond acceptors (Lipinski definition) is 4. The molecule has 0 spiro atoms. The average Bonchev–Trinajstić information content (AvgIpc) is 2.35. The zero-order valence-corrected chi connectivity index (χ0v) is 13.7. The molecule has 0 amide bonds. The molecule has 0 aliphatic rings. The molecule has 0 atom stereocenters. The molecule has 5 heteroatoms. The Morgan fingerprint density at radius 1 is 1.33 bits per heavy atom. The van der Waals surface area contributed by atoms with Crippen LogP contribution in [0.15, 0.2) is 6.07 Å². The smallest absolute Gasteiger partial charge is 0.303 e. The first-order chi connectivity index (χ1) is 9.69. The molecule has 0 aliphatic heterocycles. The van der Waals surface area contributed by atoms with Gasteiger partial charge in [0, 0.05) is 30.6 Å². The third-order valence-corrected chi connectivity index (χ3v) is 3.51. The van der Waals surface area contributed by atoms with Crippen LogP contribution in [0, 0.1) is 12.3 Å². The van der Waals surface area contributed by atoms with E-state index in [0.717, 1.165) is 30.3 Å². The quantitative estimate of drug-likeness (QED) is 0.766. The summed E-state index contributed by atoms with van der Waals surface area (Å²) in [5.74, 6) is 1.27. The Morgan fingerprint density at radius 2 is 2.00 bits per heavy atom. The number of carbonyl (C=O) groups is 1. The maximum absolute atomic E-state index is 10.6. The van der Waals surface area contributed by atoms with Crippen LogP contribution in [0.1, 0.15) is 64.4 Å². The fourth-order valence-electron chi connectivity index (χ4n) is 2.04. The summed E-state index contributed by atoms with van der Waals surface area (Å²) in [7, 11) is 0. The second-order valence-corrected chi connectivity index (χ2v) is 6.64. The maximum Gasteiger partial charge on any atom is 0.303 e. The van der Waals surface area contributed by atoms with E-state index in [2.05, 4.69) is 43.0 Å². The van der Waals surface area contributed by atoms with Crippen molar-refractivity contribution in [2.75, 3.05) is 11.9 Å². The minimum atomic E-state index is -0.732. The molecule has 0 saturated carbocycles. The van der Waals surface area contributed by atoms with Crippen LogP contribution in [0.2, 0.25) is 0 Å². The lowest BCUT2D eigenvalue weighted by Gasteiger charge is -2.24. The van der Waals surface area contributed by atoms with Gasteiger partial charge in [0.25, 0.3) is 0 Å². The number of anilines is 1. The largest absolute Gasteiger partial charge is 0.481 e. The summed E-state index contributed by atoms with van der Waals surface area (Å²) in [5, 5.41) is 12.1. The number of carboxylic acid groups (broad SMARTS) is 1. The van der Waals surface area contributed by atoms with E-state index in [1.165, 1.54) is 0 Å². The second-order valence-electron chi connectivity index (χ2n) is 6.64. The molecule has 1 aromatic rings. The van der Waals surface area contributed by atoms with E-state index in [1.54, 1.807) is 0 Å². The van der Waals surface area contributed by atoms with Crippen molar-refractivity contribution in [2.45, 2.75) is 59.8 Å². The number of nitrogens with zero attached hydrogens (tertiary/aromatic N) is 2. The SMILES string of the molecule is Cc1cc(NCCC(C)(C)CCC(=O)O)nc(C(C)C)n1. The van der Waals surface area contributed by atoms with Gasteiger partial charge in [-0.05, 0) is 25.2 Å². The van der Waals surface area contributed by atoms with Crippen LogP contribution < -0.4 is 5.32 Å². The van der Waals surface area contributed by atoms with Crippen LogP contribution in [-0.4, -0.2) is 27.6 Å². The molecular weight excluding hydrogens is 266 g/mol. The zero-order valence-electron chi connectivity index (χ0n) is 13.7. The van der Waals surface area contributed by atoms with E-state index in [1.807, 2.05) is 13.0 Å². The van der Waals surface area contributed by atoms with E-state index in [0.29, 0.717) is 12.3 Å². The lowest BCUT2D eigenvalue weighted by Crippen LogP contribution is -2.19. The Hall–Kier alpha value is -1.65. The minimum Gasteiger partial charge on any atom is -0.481 e. The van der Waals surface area contributed by atoms with Crippen LogP contribution in [-0.2, 0) is 4.79 Å². The maximum atomic E-state index is 10.6. The van der Waals surface area contributed by atoms with Gasteiger partial charge in [-0.25, -0.2) is 9.97 Å². The third-order valence-electron chi connectivity index (χ3n) is 3.51. The number of hydrogen-bond donors (Lipinski definition) is 2. The highest BCUT2D eigenvalue weighted by atomic mass is 16.4. The molecule has 118 valence electrons. The van der Waals surface area contributed by atoms with Gasteiger partial charge in [0.05, 0.1) is 0 Å². The van der Waals surface area contributed by atoms with Crippen LogP contribution in [0.25, 0.3) is 0 Å². The van der Waals surface area contributed by atoms with Gasteiger partial charge in [-0.2, -0.15) is 0 Å².